The molecule has 0 spiro atoms. The van der Waals surface area contributed by atoms with Gasteiger partial charge in [0.2, 0.25) is 11.8 Å². The van der Waals surface area contributed by atoms with Crippen LogP contribution in [0.5, 0.6) is 0 Å². The van der Waals surface area contributed by atoms with E-state index in [9.17, 15) is 9.59 Å². The number of carbonyl (C=O) groups is 2. The second kappa shape index (κ2) is 5.30. The summed E-state index contributed by atoms with van der Waals surface area (Å²) in [7, 11) is 0. The van der Waals surface area contributed by atoms with Crippen LogP contribution in [0.4, 0.5) is 0 Å². The van der Waals surface area contributed by atoms with E-state index in [1.165, 1.54) is 0 Å². The summed E-state index contributed by atoms with van der Waals surface area (Å²) in [5.41, 5.74) is 0. The number of amides is 2. The molecule has 2 heterocycles. The van der Waals surface area contributed by atoms with E-state index in [1.807, 2.05) is 0 Å². The molecule has 2 amide bonds. The van der Waals surface area contributed by atoms with Crippen molar-refractivity contribution in [3.63, 3.8) is 0 Å². The van der Waals surface area contributed by atoms with Gasteiger partial charge in [0.25, 0.3) is 0 Å². The Bertz CT molecular complexity index is 274. The van der Waals surface area contributed by atoms with E-state index in [2.05, 4.69) is 16.0 Å². The van der Waals surface area contributed by atoms with Gasteiger partial charge in [0.05, 0.1) is 5.92 Å². The maximum absolute atomic E-state index is 11.8. The number of carbonyl (C=O) groups excluding carboxylic acids is 2. The molecule has 2 atom stereocenters. The lowest BCUT2D eigenvalue weighted by Gasteiger charge is -2.22. The van der Waals surface area contributed by atoms with Crippen LogP contribution in [0.15, 0.2) is 0 Å². The largest absolute Gasteiger partial charge is 0.354 e. The van der Waals surface area contributed by atoms with Crippen molar-refractivity contribution in [1.82, 2.24) is 16.0 Å². The lowest BCUT2D eigenvalue weighted by atomic mass is 9.99. The molecular formula is C11H19N3O2. The summed E-state index contributed by atoms with van der Waals surface area (Å²) in [6.45, 7) is 2.37. The molecule has 2 fully saturated rings. The van der Waals surface area contributed by atoms with Gasteiger partial charge in [-0.05, 0) is 25.8 Å². The number of piperidine rings is 1. The second-order valence-corrected chi connectivity index (χ2v) is 4.59. The number of rotatable bonds is 3. The molecule has 0 saturated carbocycles. The minimum atomic E-state index is 0.0959. The lowest BCUT2D eigenvalue weighted by molar-refractivity contribution is -0.125. The maximum Gasteiger partial charge on any atom is 0.224 e. The van der Waals surface area contributed by atoms with Crippen molar-refractivity contribution in [2.75, 3.05) is 19.6 Å². The number of hydrogen-bond acceptors (Lipinski definition) is 3. The summed E-state index contributed by atoms with van der Waals surface area (Å²) in [6, 6.07) is 0.132. The molecule has 2 rings (SSSR count). The predicted octanol–water partition coefficient (Wildman–Crippen LogP) is -0.619. The topological polar surface area (TPSA) is 70.2 Å². The average molecular weight is 225 g/mol. The minimum absolute atomic E-state index is 0.0959. The molecule has 3 N–H and O–H groups in total. The summed E-state index contributed by atoms with van der Waals surface area (Å²) in [5.74, 6) is 0.317. The summed E-state index contributed by atoms with van der Waals surface area (Å²) in [4.78, 5) is 22.7. The van der Waals surface area contributed by atoms with Gasteiger partial charge in [-0.2, -0.15) is 0 Å². The van der Waals surface area contributed by atoms with Crippen molar-refractivity contribution in [2.24, 2.45) is 5.92 Å². The molecule has 2 aliphatic heterocycles. The van der Waals surface area contributed by atoms with E-state index in [4.69, 9.17) is 0 Å². The van der Waals surface area contributed by atoms with Gasteiger partial charge in [0, 0.05) is 25.6 Å². The first kappa shape index (κ1) is 11.4. The highest BCUT2D eigenvalue weighted by Crippen LogP contribution is 2.10. The van der Waals surface area contributed by atoms with Gasteiger partial charge >= 0.3 is 0 Å². The van der Waals surface area contributed by atoms with Crippen molar-refractivity contribution in [3.05, 3.63) is 0 Å². The fraction of sp³-hybridized carbons (Fsp3) is 0.818. The van der Waals surface area contributed by atoms with Crippen LogP contribution in [-0.2, 0) is 9.59 Å². The molecule has 0 aromatic carbocycles. The van der Waals surface area contributed by atoms with Crippen LogP contribution >= 0.6 is 0 Å². The molecule has 1 unspecified atom stereocenters. The molecule has 0 radical (unpaired) electrons. The number of hydrogen-bond donors (Lipinski definition) is 3. The van der Waals surface area contributed by atoms with Crippen LogP contribution < -0.4 is 16.0 Å². The molecular weight excluding hydrogens is 206 g/mol. The Morgan fingerprint density at radius 3 is 2.94 bits per heavy atom. The van der Waals surface area contributed by atoms with Crippen molar-refractivity contribution >= 4 is 11.8 Å². The predicted molar refractivity (Wildman–Crippen MR) is 59.8 cm³/mol. The van der Waals surface area contributed by atoms with E-state index in [0.29, 0.717) is 13.0 Å². The molecule has 5 nitrogen and oxygen atoms in total. The molecule has 0 aliphatic carbocycles. The zero-order chi connectivity index (χ0) is 11.4. The zero-order valence-electron chi connectivity index (χ0n) is 9.42. The fourth-order valence-corrected chi connectivity index (χ4v) is 2.27. The maximum atomic E-state index is 11.8. The van der Waals surface area contributed by atoms with Gasteiger partial charge in [-0.3, -0.25) is 9.59 Å². The summed E-state index contributed by atoms with van der Waals surface area (Å²) in [6.07, 6.45) is 3.46. The minimum Gasteiger partial charge on any atom is -0.354 e. The molecule has 2 saturated heterocycles. The first-order valence-corrected chi connectivity index (χ1v) is 6.03. The van der Waals surface area contributed by atoms with Gasteiger partial charge in [0.15, 0.2) is 0 Å². The average Bonchev–Trinajstić information content (AvgIpc) is 2.73. The Hall–Kier alpha value is -1.10. The quantitative estimate of drug-likeness (QED) is 0.599. The molecule has 16 heavy (non-hydrogen) atoms. The van der Waals surface area contributed by atoms with Gasteiger partial charge < -0.3 is 16.0 Å². The third-order valence-electron chi connectivity index (χ3n) is 3.28. The van der Waals surface area contributed by atoms with Crippen LogP contribution in [0, 0.1) is 5.92 Å². The highest BCUT2D eigenvalue weighted by Gasteiger charge is 2.24. The van der Waals surface area contributed by atoms with Crippen LogP contribution in [0.1, 0.15) is 25.7 Å². The monoisotopic (exact) mass is 225 g/mol. The second-order valence-electron chi connectivity index (χ2n) is 4.59. The van der Waals surface area contributed by atoms with Crippen LogP contribution in [0.2, 0.25) is 0 Å². The first-order chi connectivity index (χ1) is 7.75. The molecule has 5 heteroatoms. The Morgan fingerprint density at radius 1 is 1.44 bits per heavy atom. The van der Waals surface area contributed by atoms with Crippen LogP contribution in [-0.4, -0.2) is 37.5 Å². The molecule has 90 valence electrons. The van der Waals surface area contributed by atoms with Gasteiger partial charge in [-0.1, -0.05) is 0 Å². The van der Waals surface area contributed by atoms with E-state index in [-0.39, 0.29) is 23.8 Å². The SMILES string of the molecule is O=C1CCC(CNC(=O)[C@@H]2CCCNC2)N1. The fourth-order valence-electron chi connectivity index (χ4n) is 2.27. The third-order valence-corrected chi connectivity index (χ3v) is 3.28. The van der Waals surface area contributed by atoms with Crippen molar-refractivity contribution in [1.29, 1.82) is 0 Å². The van der Waals surface area contributed by atoms with Crippen molar-refractivity contribution < 1.29 is 9.59 Å². The van der Waals surface area contributed by atoms with Gasteiger partial charge in [-0.15, -0.1) is 0 Å². The lowest BCUT2D eigenvalue weighted by Crippen LogP contribution is -2.44. The molecule has 0 bridgehead atoms. The van der Waals surface area contributed by atoms with Crippen LogP contribution in [0.25, 0.3) is 0 Å². The Morgan fingerprint density at radius 2 is 2.31 bits per heavy atom. The van der Waals surface area contributed by atoms with E-state index in [0.717, 1.165) is 32.4 Å². The van der Waals surface area contributed by atoms with Gasteiger partial charge in [-0.25, -0.2) is 0 Å². The van der Waals surface area contributed by atoms with E-state index >= 15 is 0 Å². The smallest absolute Gasteiger partial charge is 0.224 e. The normalized spacial score (nSPS) is 29.9. The summed E-state index contributed by atoms with van der Waals surface area (Å²) >= 11 is 0. The van der Waals surface area contributed by atoms with Crippen LogP contribution in [0.3, 0.4) is 0 Å². The number of nitrogens with one attached hydrogen (secondary N) is 3. The summed E-state index contributed by atoms with van der Waals surface area (Å²) in [5, 5.41) is 8.98. The molecule has 2 aliphatic rings. The highest BCUT2D eigenvalue weighted by atomic mass is 16.2. The Balaban J connectivity index is 1.68. The van der Waals surface area contributed by atoms with Crippen molar-refractivity contribution in [3.8, 4) is 0 Å². The third kappa shape index (κ3) is 2.95. The van der Waals surface area contributed by atoms with Gasteiger partial charge in [0.1, 0.15) is 0 Å². The standard InChI is InChI=1S/C11H19N3O2/c15-10-4-3-9(14-10)7-13-11(16)8-2-1-5-12-6-8/h8-9,12H,1-7H2,(H,13,16)(H,14,15)/t8-,9?/m1/s1. The Labute approximate surface area is 95.3 Å². The summed E-state index contributed by atoms with van der Waals surface area (Å²) < 4.78 is 0. The highest BCUT2D eigenvalue weighted by molar-refractivity contribution is 5.80. The Kier molecular flexibility index (Phi) is 3.77. The van der Waals surface area contributed by atoms with Crippen molar-refractivity contribution in [2.45, 2.75) is 31.7 Å². The van der Waals surface area contributed by atoms with E-state index < -0.39 is 0 Å². The first-order valence-electron chi connectivity index (χ1n) is 6.03. The molecule has 0 aromatic heterocycles. The van der Waals surface area contributed by atoms with E-state index in [1.54, 1.807) is 0 Å². The molecule has 0 aromatic rings. The zero-order valence-corrected chi connectivity index (χ0v) is 9.42.